The lowest BCUT2D eigenvalue weighted by Gasteiger charge is -1.97. The lowest BCUT2D eigenvalue weighted by Crippen LogP contribution is -2.21. The second kappa shape index (κ2) is 4.07. The Kier molecular flexibility index (Phi) is 3.31. The van der Waals surface area contributed by atoms with Gasteiger partial charge in [-0.25, -0.2) is 0 Å². The van der Waals surface area contributed by atoms with Crippen molar-refractivity contribution in [3.8, 4) is 0 Å². The van der Waals surface area contributed by atoms with Crippen molar-refractivity contribution in [3.63, 3.8) is 0 Å². The first-order valence-corrected chi connectivity index (χ1v) is 4.78. The largest absolute Gasteiger partial charge is 0.352 e. The Morgan fingerprint density at radius 2 is 2.33 bits per heavy atom. The summed E-state index contributed by atoms with van der Waals surface area (Å²) in [6, 6.07) is 0. The van der Waals surface area contributed by atoms with Gasteiger partial charge in [-0.1, -0.05) is 23.2 Å². The summed E-state index contributed by atoms with van der Waals surface area (Å²) in [4.78, 5) is 11.6. The van der Waals surface area contributed by atoms with Crippen molar-refractivity contribution in [1.29, 1.82) is 0 Å². The van der Waals surface area contributed by atoms with Gasteiger partial charge in [0.1, 0.15) is 9.90 Å². The van der Waals surface area contributed by atoms with E-state index in [1.54, 1.807) is 0 Å². The number of rotatable bonds is 2. The van der Waals surface area contributed by atoms with Gasteiger partial charge in [-0.3, -0.25) is 4.79 Å². The van der Waals surface area contributed by atoms with Gasteiger partial charge >= 0.3 is 0 Å². The van der Waals surface area contributed by atoms with E-state index < -0.39 is 0 Å². The van der Waals surface area contributed by atoms with E-state index in [1.165, 1.54) is 0 Å². The molecule has 0 bridgehead atoms. The Balaban J connectivity index is 2.88. The molecule has 1 amide bonds. The van der Waals surface area contributed by atoms with Crippen molar-refractivity contribution in [3.05, 3.63) is 15.1 Å². The zero-order chi connectivity index (χ0) is 9.14. The van der Waals surface area contributed by atoms with Gasteiger partial charge in [0.2, 0.25) is 0 Å². The predicted octanol–water partition coefficient (Wildman–Crippen LogP) is 2.20. The van der Waals surface area contributed by atoms with Gasteiger partial charge < -0.3 is 5.32 Å². The van der Waals surface area contributed by atoms with Crippen LogP contribution in [0, 0.1) is 0 Å². The lowest BCUT2D eigenvalue weighted by molar-refractivity contribution is 0.0960. The third-order valence-corrected chi connectivity index (χ3v) is 2.94. The first-order valence-electron chi connectivity index (χ1n) is 3.25. The van der Waals surface area contributed by atoms with Crippen LogP contribution in [0.3, 0.4) is 0 Å². The molecule has 1 aromatic heterocycles. The summed E-state index contributed by atoms with van der Waals surface area (Å²) in [5.74, 6) is -0.230. The Bertz CT molecular complexity index is 300. The zero-order valence-electron chi connectivity index (χ0n) is 6.23. The van der Waals surface area contributed by atoms with Crippen molar-refractivity contribution in [1.82, 2.24) is 9.69 Å². The summed E-state index contributed by atoms with van der Waals surface area (Å²) in [7, 11) is 0. The van der Waals surface area contributed by atoms with Gasteiger partial charge in [0.15, 0.2) is 5.15 Å². The minimum atomic E-state index is -0.230. The van der Waals surface area contributed by atoms with Gasteiger partial charge in [-0.05, 0) is 18.5 Å². The molecule has 1 rings (SSSR count). The number of carbonyl (C=O) groups excluding carboxylic acids is 1. The van der Waals surface area contributed by atoms with Gasteiger partial charge in [0.25, 0.3) is 5.91 Å². The average molecular weight is 225 g/mol. The summed E-state index contributed by atoms with van der Waals surface area (Å²) in [5.41, 5.74) is 0. The molecular formula is C6H6Cl2N2OS. The second-order valence-electron chi connectivity index (χ2n) is 1.98. The Morgan fingerprint density at radius 3 is 2.75 bits per heavy atom. The number of halogens is 2. The number of carbonyl (C=O) groups is 1. The zero-order valence-corrected chi connectivity index (χ0v) is 8.56. The van der Waals surface area contributed by atoms with E-state index in [-0.39, 0.29) is 16.1 Å². The van der Waals surface area contributed by atoms with Crippen LogP contribution in [0.25, 0.3) is 0 Å². The summed E-state index contributed by atoms with van der Waals surface area (Å²) in [6.07, 6.45) is 0. The lowest BCUT2D eigenvalue weighted by atomic mass is 10.4. The Morgan fingerprint density at radius 1 is 1.67 bits per heavy atom. The molecule has 0 fully saturated rings. The summed E-state index contributed by atoms with van der Waals surface area (Å²) in [5, 5.41) is 3.02. The van der Waals surface area contributed by atoms with E-state index in [4.69, 9.17) is 23.2 Å². The van der Waals surface area contributed by atoms with Crippen molar-refractivity contribution < 1.29 is 4.79 Å². The number of amides is 1. The van der Waals surface area contributed by atoms with Crippen LogP contribution in [0.15, 0.2) is 0 Å². The van der Waals surface area contributed by atoms with Crippen LogP contribution < -0.4 is 5.32 Å². The molecule has 0 aromatic carbocycles. The maximum absolute atomic E-state index is 11.2. The van der Waals surface area contributed by atoms with E-state index >= 15 is 0 Å². The smallest absolute Gasteiger partial charge is 0.264 e. The number of aromatic nitrogens is 1. The molecule has 0 atom stereocenters. The first-order chi connectivity index (χ1) is 5.66. The molecule has 0 aliphatic rings. The van der Waals surface area contributed by atoms with Crippen molar-refractivity contribution in [2.45, 2.75) is 6.92 Å². The van der Waals surface area contributed by atoms with Crippen LogP contribution >= 0.6 is 34.7 Å². The first kappa shape index (κ1) is 9.77. The predicted molar refractivity (Wildman–Crippen MR) is 50.1 cm³/mol. The third-order valence-electron chi connectivity index (χ3n) is 1.14. The SMILES string of the molecule is CCNC(=O)c1snc(Cl)c1Cl. The molecule has 0 aliphatic carbocycles. The second-order valence-corrected chi connectivity index (χ2v) is 3.49. The van der Waals surface area contributed by atoms with Crippen LogP contribution in [0.2, 0.25) is 10.2 Å². The molecule has 0 radical (unpaired) electrons. The number of hydrogen-bond donors (Lipinski definition) is 1. The van der Waals surface area contributed by atoms with Gasteiger partial charge in [-0.15, -0.1) is 0 Å². The molecular weight excluding hydrogens is 219 g/mol. The normalized spacial score (nSPS) is 9.92. The summed E-state index contributed by atoms with van der Waals surface area (Å²) < 4.78 is 3.73. The van der Waals surface area contributed by atoms with Crippen molar-refractivity contribution in [2.75, 3.05) is 6.54 Å². The van der Waals surface area contributed by atoms with E-state index in [0.717, 1.165) is 11.5 Å². The Labute approximate surface area is 83.8 Å². The molecule has 0 saturated heterocycles. The molecule has 1 N–H and O–H groups in total. The Hall–Kier alpha value is -0.320. The fourth-order valence-electron chi connectivity index (χ4n) is 0.642. The van der Waals surface area contributed by atoms with E-state index in [0.29, 0.717) is 11.4 Å². The monoisotopic (exact) mass is 224 g/mol. The number of hydrogen-bond acceptors (Lipinski definition) is 3. The highest BCUT2D eigenvalue weighted by Crippen LogP contribution is 2.28. The molecule has 0 aliphatic heterocycles. The minimum Gasteiger partial charge on any atom is -0.352 e. The van der Waals surface area contributed by atoms with Gasteiger partial charge in [-0.2, -0.15) is 4.37 Å². The topological polar surface area (TPSA) is 42.0 Å². The number of nitrogens with zero attached hydrogens (tertiary/aromatic N) is 1. The van der Waals surface area contributed by atoms with Gasteiger partial charge in [0.05, 0.1) is 0 Å². The highest BCUT2D eigenvalue weighted by molar-refractivity contribution is 7.09. The average Bonchev–Trinajstić information content (AvgIpc) is 2.34. The third kappa shape index (κ3) is 1.88. The maximum atomic E-state index is 11.2. The molecule has 66 valence electrons. The molecule has 6 heteroatoms. The standard InChI is InChI=1S/C6H6Cl2N2OS/c1-2-9-6(11)4-3(7)5(8)10-12-4/h2H2,1H3,(H,9,11). The van der Waals surface area contributed by atoms with Crippen molar-refractivity contribution >= 4 is 40.6 Å². The molecule has 3 nitrogen and oxygen atoms in total. The number of nitrogens with one attached hydrogen (secondary N) is 1. The van der Waals surface area contributed by atoms with Crippen LogP contribution in [0.4, 0.5) is 0 Å². The van der Waals surface area contributed by atoms with Crippen LogP contribution in [-0.4, -0.2) is 16.8 Å². The van der Waals surface area contributed by atoms with Crippen molar-refractivity contribution in [2.24, 2.45) is 0 Å². The van der Waals surface area contributed by atoms with Crippen LogP contribution in [-0.2, 0) is 0 Å². The highest BCUT2D eigenvalue weighted by atomic mass is 35.5. The molecule has 1 heterocycles. The van der Waals surface area contributed by atoms with Gasteiger partial charge in [0, 0.05) is 6.54 Å². The summed E-state index contributed by atoms with van der Waals surface area (Å²) >= 11 is 12.3. The minimum absolute atomic E-state index is 0.183. The van der Waals surface area contributed by atoms with E-state index in [1.807, 2.05) is 6.92 Å². The molecule has 0 unspecified atom stereocenters. The van der Waals surface area contributed by atoms with Crippen LogP contribution in [0.1, 0.15) is 16.6 Å². The molecule has 1 aromatic rings. The van der Waals surface area contributed by atoms with Crippen LogP contribution in [0.5, 0.6) is 0 Å². The quantitative estimate of drug-likeness (QED) is 0.838. The molecule has 12 heavy (non-hydrogen) atoms. The van der Waals surface area contributed by atoms with E-state index in [2.05, 4.69) is 9.69 Å². The molecule has 0 spiro atoms. The maximum Gasteiger partial charge on any atom is 0.264 e. The fourth-order valence-corrected chi connectivity index (χ4v) is 1.77. The molecule has 0 saturated carbocycles. The van der Waals surface area contributed by atoms with E-state index in [9.17, 15) is 4.79 Å². The highest BCUT2D eigenvalue weighted by Gasteiger charge is 2.15. The summed E-state index contributed by atoms with van der Waals surface area (Å²) in [6.45, 7) is 2.39. The fraction of sp³-hybridized carbons (Fsp3) is 0.333.